The van der Waals surface area contributed by atoms with Gasteiger partial charge in [0, 0.05) is 25.9 Å². The van der Waals surface area contributed by atoms with E-state index in [0.717, 1.165) is 8.66 Å². The van der Waals surface area contributed by atoms with E-state index in [9.17, 15) is 9.59 Å². The Balaban J connectivity index is 0.000000686. The Kier molecular flexibility index (Phi) is 5.58. The summed E-state index contributed by atoms with van der Waals surface area (Å²) in [6.45, 7) is 7.13. The van der Waals surface area contributed by atoms with E-state index >= 15 is 0 Å². The van der Waals surface area contributed by atoms with Crippen LogP contribution >= 0.6 is 27.3 Å². The van der Waals surface area contributed by atoms with Gasteiger partial charge < -0.3 is 4.90 Å². The number of amides is 1. The van der Waals surface area contributed by atoms with Crippen LogP contribution in [-0.4, -0.2) is 29.7 Å². The first kappa shape index (κ1) is 14.1. The lowest BCUT2D eigenvalue weighted by atomic mass is 10.1. The highest BCUT2D eigenvalue weighted by molar-refractivity contribution is 9.11. The second-order valence-electron chi connectivity index (χ2n) is 3.43. The van der Waals surface area contributed by atoms with Crippen LogP contribution < -0.4 is 0 Å². The summed E-state index contributed by atoms with van der Waals surface area (Å²) in [6.07, 6.45) is 0.997. The Labute approximate surface area is 113 Å². The number of carbonyl (C=O) groups is 2. The van der Waals surface area contributed by atoms with Crippen molar-refractivity contribution in [2.45, 2.75) is 12.8 Å². The highest BCUT2D eigenvalue weighted by Crippen LogP contribution is 2.24. The van der Waals surface area contributed by atoms with Gasteiger partial charge in [0.05, 0.1) is 8.66 Å². The van der Waals surface area contributed by atoms with Gasteiger partial charge in [-0.3, -0.25) is 9.59 Å². The third kappa shape index (κ3) is 3.78. The number of hydrogen-bond donors (Lipinski definition) is 0. The Bertz CT molecular complexity index is 406. The molecule has 1 saturated heterocycles. The molecule has 0 radical (unpaired) electrons. The second kappa shape index (κ2) is 6.71. The first-order valence-electron chi connectivity index (χ1n) is 5.23. The predicted molar refractivity (Wildman–Crippen MR) is 73.4 cm³/mol. The maximum atomic E-state index is 11.9. The Hall–Kier alpha value is -0.940. The van der Waals surface area contributed by atoms with Crippen molar-refractivity contribution in [2.75, 3.05) is 13.1 Å². The van der Waals surface area contributed by atoms with Crippen molar-refractivity contribution in [1.82, 2.24) is 4.90 Å². The molecule has 1 aromatic heterocycles. The number of nitrogens with zero attached hydrogens (tertiary/aromatic N) is 1. The van der Waals surface area contributed by atoms with E-state index in [1.54, 1.807) is 4.90 Å². The van der Waals surface area contributed by atoms with E-state index in [0.29, 0.717) is 25.9 Å². The van der Waals surface area contributed by atoms with Crippen molar-refractivity contribution in [3.63, 3.8) is 0 Å². The number of thiophene rings is 1. The van der Waals surface area contributed by atoms with Gasteiger partial charge in [-0.1, -0.05) is 0 Å². The number of likely N-dealkylation sites (tertiary alicyclic amines) is 1. The quantitative estimate of drug-likeness (QED) is 0.747. The molecule has 0 saturated carbocycles. The molecule has 5 heteroatoms. The van der Waals surface area contributed by atoms with Crippen LogP contribution in [0.3, 0.4) is 0 Å². The molecule has 1 amide bonds. The van der Waals surface area contributed by atoms with Crippen LogP contribution in [0.1, 0.15) is 22.5 Å². The summed E-state index contributed by atoms with van der Waals surface area (Å²) in [5.74, 6) is 0.296. The van der Waals surface area contributed by atoms with Gasteiger partial charge in [0.2, 0.25) is 0 Å². The molecule has 0 aromatic carbocycles. The first-order valence-corrected chi connectivity index (χ1v) is 6.84. The van der Waals surface area contributed by atoms with Crippen LogP contribution in [0.4, 0.5) is 0 Å². The molecular weight excluding hydrogens is 302 g/mol. The molecule has 0 atom stereocenters. The highest BCUT2D eigenvalue weighted by atomic mass is 79.9. The number of piperidine rings is 1. The summed E-state index contributed by atoms with van der Waals surface area (Å²) >= 11 is 4.76. The molecule has 0 bridgehead atoms. The SMILES string of the molecule is C=C.O=C1CCN(C(=O)c2ccc(Br)s2)CC1. The molecule has 3 nitrogen and oxygen atoms in total. The van der Waals surface area contributed by atoms with Crippen molar-refractivity contribution < 1.29 is 9.59 Å². The van der Waals surface area contributed by atoms with Crippen molar-refractivity contribution in [3.8, 4) is 0 Å². The highest BCUT2D eigenvalue weighted by Gasteiger charge is 2.22. The van der Waals surface area contributed by atoms with Crippen molar-refractivity contribution in [1.29, 1.82) is 0 Å². The van der Waals surface area contributed by atoms with Gasteiger partial charge in [0.15, 0.2) is 0 Å². The average molecular weight is 316 g/mol. The van der Waals surface area contributed by atoms with Gasteiger partial charge >= 0.3 is 0 Å². The molecule has 1 aromatic rings. The average Bonchev–Trinajstić information content (AvgIpc) is 2.79. The van der Waals surface area contributed by atoms with E-state index in [1.807, 2.05) is 12.1 Å². The van der Waals surface area contributed by atoms with Gasteiger partial charge in [-0.05, 0) is 28.1 Å². The van der Waals surface area contributed by atoms with E-state index in [4.69, 9.17) is 0 Å². The van der Waals surface area contributed by atoms with Crippen molar-refractivity contribution in [3.05, 3.63) is 34.0 Å². The normalized spacial score (nSPS) is 15.1. The minimum atomic E-state index is 0.0400. The van der Waals surface area contributed by atoms with Crippen LogP contribution in [0, 0.1) is 0 Å². The molecule has 0 aliphatic carbocycles. The number of halogens is 1. The first-order chi connectivity index (χ1) is 8.16. The summed E-state index contributed by atoms with van der Waals surface area (Å²) < 4.78 is 0.957. The monoisotopic (exact) mass is 315 g/mol. The smallest absolute Gasteiger partial charge is 0.263 e. The zero-order chi connectivity index (χ0) is 12.8. The zero-order valence-corrected chi connectivity index (χ0v) is 11.8. The summed E-state index contributed by atoms with van der Waals surface area (Å²) in [6, 6.07) is 3.68. The maximum absolute atomic E-state index is 11.9. The van der Waals surface area contributed by atoms with Gasteiger partial charge in [-0.15, -0.1) is 24.5 Å². The van der Waals surface area contributed by atoms with E-state index in [1.165, 1.54) is 11.3 Å². The third-order valence-corrected chi connectivity index (χ3v) is 4.00. The molecule has 0 unspecified atom stereocenters. The molecule has 1 aliphatic rings. The van der Waals surface area contributed by atoms with E-state index < -0.39 is 0 Å². The molecule has 0 N–H and O–H groups in total. The Morgan fingerprint density at radius 1 is 1.29 bits per heavy atom. The fraction of sp³-hybridized carbons (Fsp3) is 0.333. The van der Waals surface area contributed by atoms with Crippen LogP contribution in [0.25, 0.3) is 0 Å². The lowest BCUT2D eigenvalue weighted by Gasteiger charge is -2.25. The molecule has 2 rings (SSSR count). The molecule has 2 heterocycles. The van der Waals surface area contributed by atoms with Crippen LogP contribution in [0.15, 0.2) is 29.1 Å². The molecule has 0 spiro atoms. The standard InChI is InChI=1S/C10H10BrNO2S.C2H4/c11-9-2-1-8(15-9)10(14)12-5-3-7(13)4-6-12;1-2/h1-2H,3-6H2;1-2H2. The van der Waals surface area contributed by atoms with Gasteiger partial charge in [-0.2, -0.15) is 0 Å². The summed E-state index contributed by atoms with van der Waals surface area (Å²) in [7, 11) is 0. The number of Topliss-reactive ketones (excluding diaryl/α,β-unsaturated/α-hetero) is 1. The van der Waals surface area contributed by atoms with Crippen LogP contribution in [0.5, 0.6) is 0 Å². The second-order valence-corrected chi connectivity index (χ2v) is 5.90. The molecular formula is C12H14BrNO2S. The van der Waals surface area contributed by atoms with Crippen LogP contribution in [0.2, 0.25) is 0 Å². The lowest BCUT2D eigenvalue weighted by Crippen LogP contribution is -2.38. The summed E-state index contributed by atoms with van der Waals surface area (Å²) in [4.78, 5) is 25.4. The Morgan fingerprint density at radius 2 is 1.88 bits per heavy atom. The molecule has 92 valence electrons. The predicted octanol–water partition coefficient (Wildman–Crippen LogP) is 3.12. The van der Waals surface area contributed by atoms with E-state index in [2.05, 4.69) is 29.1 Å². The summed E-state index contributed by atoms with van der Waals surface area (Å²) in [5, 5.41) is 0. The third-order valence-electron chi connectivity index (χ3n) is 2.39. The lowest BCUT2D eigenvalue weighted by molar-refractivity contribution is -0.120. The fourth-order valence-corrected chi connectivity index (χ4v) is 2.90. The van der Waals surface area contributed by atoms with Crippen molar-refractivity contribution in [2.24, 2.45) is 0 Å². The molecule has 17 heavy (non-hydrogen) atoms. The molecule has 1 aliphatic heterocycles. The van der Waals surface area contributed by atoms with Crippen molar-refractivity contribution >= 4 is 39.0 Å². The Morgan fingerprint density at radius 3 is 2.35 bits per heavy atom. The van der Waals surface area contributed by atoms with Crippen LogP contribution in [-0.2, 0) is 4.79 Å². The zero-order valence-electron chi connectivity index (χ0n) is 9.45. The van der Waals surface area contributed by atoms with E-state index in [-0.39, 0.29) is 11.7 Å². The van der Waals surface area contributed by atoms with Gasteiger partial charge in [-0.25, -0.2) is 0 Å². The number of ketones is 1. The topological polar surface area (TPSA) is 37.4 Å². The maximum Gasteiger partial charge on any atom is 0.263 e. The summed E-state index contributed by atoms with van der Waals surface area (Å²) in [5.41, 5.74) is 0. The van der Waals surface area contributed by atoms with Gasteiger partial charge in [0.1, 0.15) is 5.78 Å². The minimum Gasteiger partial charge on any atom is -0.337 e. The fourth-order valence-electron chi connectivity index (χ4n) is 1.54. The molecule has 1 fully saturated rings. The minimum absolute atomic E-state index is 0.0400. The van der Waals surface area contributed by atoms with Gasteiger partial charge in [0.25, 0.3) is 5.91 Å². The number of carbonyl (C=O) groups excluding carboxylic acids is 2. The number of hydrogen-bond acceptors (Lipinski definition) is 3. The largest absolute Gasteiger partial charge is 0.337 e. The number of rotatable bonds is 1.